The number of carboxylic acid groups (broad SMARTS) is 1. The maximum Gasteiger partial charge on any atom is 0.328 e. The molecule has 0 saturated carbocycles. The van der Waals surface area contributed by atoms with Crippen LogP contribution in [0.4, 0.5) is 0 Å². The topological polar surface area (TPSA) is 142 Å². The van der Waals surface area contributed by atoms with Crippen LogP contribution in [0.25, 0.3) is 0 Å². The van der Waals surface area contributed by atoms with Gasteiger partial charge in [-0.2, -0.15) is 0 Å². The van der Waals surface area contributed by atoms with E-state index < -0.39 is 24.5 Å². The lowest BCUT2D eigenvalue weighted by molar-refractivity contribution is -0.150. The number of amides is 2. The Hall–Kier alpha value is -2.16. The number of aliphatic carboxylic acids is 1. The lowest BCUT2D eigenvalue weighted by Crippen LogP contribution is -2.47. The van der Waals surface area contributed by atoms with Crippen molar-refractivity contribution >= 4 is 23.8 Å². The molecule has 0 aromatic heterocycles. The van der Waals surface area contributed by atoms with E-state index >= 15 is 0 Å². The molecule has 0 bridgehead atoms. The first-order valence-electron chi connectivity index (χ1n) is 26.4. The first-order chi connectivity index (χ1) is 29.8. The van der Waals surface area contributed by atoms with Crippen LogP contribution in [-0.2, 0) is 23.9 Å². The SMILES string of the molecule is CCCCCCCCCCCCCCCCCCCCCCCCCC(=O)OC(CCCCCCCCCCCC)CCCCCCCC(=O)NCC(=O)NC(CO)C(=O)O. The summed E-state index contributed by atoms with van der Waals surface area (Å²) in [4.78, 5) is 47.7. The molecule has 4 N–H and O–H groups in total. The molecule has 0 spiro atoms. The molecule has 61 heavy (non-hydrogen) atoms. The Labute approximate surface area is 376 Å². The van der Waals surface area contributed by atoms with Crippen molar-refractivity contribution in [2.45, 2.75) is 296 Å². The van der Waals surface area contributed by atoms with E-state index in [1.54, 1.807) is 0 Å². The molecule has 0 aromatic carbocycles. The summed E-state index contributed by atoms with van der Waals surface area (Å²) in [6.07, 6.45) is 51.5. The number of carbonyl (C=O) groups excluding carboxylic acids is 3. The van der Waals surface area contributed by atoms with Crippen molar-refractivity contribution in [3.8, 4) is 0 Å². The van der Waals surface area contributed by atoms with Crippen LogP contribution in [0.3, 0.4) is 0 Å². The predicted octanol–water partition coefficient (Wildman–Crippen LogP) is 14.0. The average molecular weight is 865 g/mol. The van der Waals surface area contributed by atoms with Gasteiger partial charge in [0.2, 0.25) is 11.8 Å². The normalized spacial score (nSPS) is 12.3. The molecule has 9 nitrogen and oxygen atoms in total. The number of rotatable bonds is 49. The Kier molecular flexibility index (Phi) is 45.6. The second-order valence-electron chi connectivity index (χ2n) is 18.3. The molecule has 0 aromatic rings. The summed E-state index contributed by atoms with van der Waals surface area (Å²) in [5.74, 6) is -2.26. The molecule has 0 radical (unpaired) electrons. The summed E-state index contributed by atoms with van der Waals surface area (Å²) >= 11 is 0. The number of esters is 1. The summed E-state index contributed by atoms with van der Waals surface area (Å²) < 4.78 is 6.06. The number of hydrogen-bond acceptors (Lipinski definition) is 6. The molecule has 0 aliphatic rings. The van der Waals surface area contributed by atoms with Crippen LogP contribution in [0.15, 0.2) is 0 Å². The van der Waals surface area contributed by atoms with E-state index in [-0.39, 0.29) is 24.5 Å². The van der Waals surface area contributed by atoms with Crippen LogP contribution in [0.1, 0.15) is 284 Å². The van der Waals surface area contributed by atoms with Crippen molar-refractivity contribution in [2.24, 2.45) is 0 Å². The zero-order chi connectivity index (χ0) is 44.7. The lowest BCUT2D eigenvalue weighted by atomic mass is 10.0. The highest BCUT2D eigenvalue weighted by atomic mass is 16.5. The third-order valence-electron chi connectivity index (χ3n) is 12.4. The molecule has 0 saturated heterocycles. The molecular formula is C52H100N2O7. The highest BCUT2D eigenvalue weighted by Gasteiger charge is 2.19. The number of carboxylic acids is 1. The Morgan fingerprint density at radius 3 is 1.07 bits per heavy atom. The molecule has 0 aliphatic carbocycles. The van der Waals surface area contributed by atoms with E-state index in [9.17, 15) is 19.2 Å². The minimum atomic E-state index is -1.38. The van der Waals surface area contributed by atoms with Crippen LogP contribution in [0.2, 0.25) is 0 Å². The third-order valence-corrected chi connectivity index (χ3v) is 12.4. The lowest BCUT2D eigenvalue weighted by Gasteiger charge is -2.18. The first-order valence-corrected chi connectivity index (χ1v) is 26.4. The summed E-state index contributed by atoms with van der Waals surface area (Å²) in [6, 6.07) is -1.38. The number of carbonyl (C=O) groups is 4. The number of nitrogens with one attached hydrogen (secondary N) is 2. The van der Waals surface area contributed by atoms with E-state index in [0.717, 1.165) is 57.8 Å². The second kappa shape index (κ2) is 47.3. The highest BCUT2D eigenvalue weighted by Crippen LogP contribution is 2.20. The van der Waals surface area contributed by atoms with Gasteiger partial charge in [0.15, 0.2) is 0 Å². The summed E-state index contributed by atoms with van der Waals surface area (Å²) in [5, 5.41) is 22.6. The standard InChI is InChI=1S/C52H100N2O7/c1-3-5-7-9-11-13-15-16-17-18-19-20-21-22-23-24-25-26-27-29-31-36-40-44-51(58)61-47(41-37-33-30-28-14-12-10-8-6-4-2)42-38-34-32-35-39-43-49(56)53-45-50(57)54-48(46-55)52(59)60/h47-48,55H,3-46H2,1-2H3,(H,53,56)(H,54,57)(H,59,60). The fourth-order valence-electron chi connectivity index (χ4n) is 8.31. The van der Waals surface area contributed by atoms with Gasteiger partial charge in [0.1, 0.15) is 12.1 Å². The molecule has 2 atom stereocenters. The van der Waals surface area contributed by atoms with Gasteiger partial charge in [0, 0.05) is 12.8 Å². The van der Waals surface area contributed by atoms with Gasteiger partial charge in [-0.3, -0.25) is 14.4 Å². The molecule has 0 aliphatic heterocycles. The number of unbranched alkanes of at least 4 members (excludes halogenated alkanes) is 35. The Morgan fingerprint density at radius 2 is 0.738 bits per heavy atom. The largest absolute Gasteiger partial charge is 0.480 e. The second-order valence-corrected chi connectivity index (χ2v) is 18.3. The smallest absolute Gasteiger partial charge is 0.328 e. The van der Waals surface area contributed by atoms with Gasteiger partial charge in [-0.25, -0.2) is 4.79 Å². The van der Waals surface area contributed by atoms with Crippen molar-refractivity contribution < 1.29 is 34.1 Å². The monoisotopic (exact) mass is 865 g/mol. The van der Waals surface area contributed by atoms with Gasteiger partial charge in [-0.05, 0) is 38.5 Å². The Bertz CT molecular complexity index is 993. The van der Waals surface area contributed by atoms with Gasteiger partial charge in [0.05, 0.1) is 13.2 Å². The molecular weight excluding hydrogens is 765 g/mol. The third kappa shape index (κ3) is 44.3. The van der Waals surface area contributed by atoms with Crippen LogP contribution >= 0.6 is 0 Å². The Morgan fingerprint density at radius 1 is 0.426 bits per heavy atom. The van der Waals surface area contributed by atoms with Crippen molar-refractivity contribution in [2.75, 3.05) is 13.2 Å². The van der Waals surface area contributed by atoms with E-state index in [1.807, 2.05) is 0 Å². The average Bonchev–Trinajstić information content (AvgIpc) is 3.25. The molecule has 0 rings (SSSR count). The first kappa shape index (κ1) is 58.8. The maximum absolute atomic E-state index is 12.9. The molecule has 0 fully saturated rings. The zero-order valence-corrected chi connectivity index (χ0v) is 40.2. The van der Waals surface area contributed by atoms with Gasteiger partial charge in [-0.1, -0.05) is 232 Å². The van der Waals surface area contributed by atoms with Crippen molar-refractivity contribution in [1.29, 1.82) is 0 Å². The van der Waals surface area contributed by atoms with E-state index in [2.05, 4.69) is 24.5 Å². The van der Waals surface area contributed by atoms with E-state index in [0.29, 0.717) is 19.3 Å². The zero-order valence-electron chi connectivity index (χ0n) is 40.2. The van der Waals surface area contributed by atoms with Gasteiger partial charge in [0.25, 0.3) is 0 Å². The quantitative estimate of drug-likeness (QED) is 0.0352. The summed E-state index contributed by atoms with van der Waals surface area (Å²) in [5.41, 5.74) is 0. The maximum atomic E-state index is 12.9. The van der Waals surface area contributed by atoms with Gasteiger partial charge in [-0.15, -0.1) is 0 Å². The highest BCUT2D eigenvalue weighted by molar-refractivity contribution is 5.87. The fraction of sp³-hybridized carbons (Fsp3) is 0.923. The molecule has 0 heterocycles. The van der Waals surface area contributed by atoms with Gasteiger partial charge >= 0.3 is 11.9 Å². The summed E-state index contributed by atoms with van der Waals surface area (Å²) in [6.45, 7) is 3.52. The van der Waals surface area contributed by atoms with Crippen molar-refractivity contribution in [1.82, 2.24) is 10.6 Å². The number of aliphatic hydroxyl groups is 1. The summed E-state index contributed by atoms with van der Waals surface area (Å²) in [7, 11) is 0. The molecule has 9 heteroatoms. The van der Waals surface area contributed by atoms with Crippen LogP contribution in [-0.4, -0.2) is 59.3 Å². The minimum absolute atomic E-state index is 0.00503. The number of hydrogen-bond donors (Lipinski definition) is 4. The number of ether oxygens (including phenoxy) is 1. The van der Waals surface area contributed by atoms with Crippen LogP contribution in [0, 0.1) is 0 Å². The molecule has 2 amide bonds. The van der Waals surface area contributed by atoms with Gasteiger partial charge < -0.3 is 25.6 Å². The predicted molar refractivity (Wildman–Crippen MR) is 255 cm³/mol. The molecule has 360 valence electrons. The van der Waals surface area contributed by atoms with Crippen molar-refractivity contribution in [3.05, 3.63) is 0 Å². The molecule has 2 unspecified atom stereocenters. The Balaban J connectivity index is 4.07. The van der Waals surface area contributed by atoms with Crippen LogP contribution in [0.5, 0.6) is 0 Å². The fourth-order valence-corrected chi connectivity index (χ4v) is 8.31. The van der Waals surface area contributed by atoms with E-state index in [1.165, 1.54) is 193 Å². The minimum Gasteiger partial charge on any atom is -0.480 e. The number of aliphatic hydroxyl groups excluding tert-OH is 1. The van der Waals surface area contributed by atoms with Crippen molar-refractivity contribution in [3.63, 3.8) is 0 Å². The van der Waals surface area contributed by atoms with E-state index in [4.69, 9.17) is 14.9 Å². The van der Waals surface area contributed by atoms with Crippen LogP contribution < -0.4 is 10.6 Å².